The molecule has 0 atom stereocenters. The zero-order chi connectivity index (χ0) is 10.5. The summed E-state index contributed by atoms with van der Waals surface area (Å²) in [6.45, 7) is 5.72. The molecule has 0 amide bonds. The summed E-state index contributed by atoms with van der Waals surface area (Å²) in [4.78, 5) is 0. The molecule has 0 aliphatic heterocycles. The Hall–Kier alpha value is -0.521. The van der Waals surface area contributed by atoms with E-state index in [1.807, 2.05) is 24.3 Å². The van der Waals surface area contributed by atoms with Gasteiger partial charge in [-0.1, -0.05) is 13.3 Å². The van der Waals surface area contributed by atoms with Crippen molar-refractivity contribution >= 4 is 0 Å². The first-order valence-electron chi connectivity index (χ1n) is 5.14. The molecule has 83 valence electrons. The molecule has 0 heterocycles. The predicted molar refractivity (Wildman–Crippen MR) is 63.4 cm³/mol. The third-order valence-corrected chi connectivity index (χ3v) is 1.53. The minimum absolute atomic E-state index is 0. The third kappa shape index (κ3) is 16.2. The van der Waals surface area contributed by atoms with Crippen molar-refractivity contribution in [3.8, 4) is 0 Å². The molecule has 1 radical (unpaired) electrons. The van der Waals surface area contributed by atoms with Gasteiger partial charge in [0.05, 0.1) is 0 Å². The second kappa shape index (κ2) is 15.9. The van der Waals surface area contributed by atoms with Gasteiger partial charge in [0.15, 0.2) is 0 Å². The normalized spacial score (nSPS) is 13.7. The molecule has 0 spiro atoms. The van der Waals surface area contributed by atoms with Gasteiger partial charge >= 0.3 is 17.1 Å². The zero-order valence-electron chi connectivity index (χ0n) is 9.35. The van der Waals surface area contributed by atoms with Gasteiger partial charge in [-0.05, 0) is 0 Å². The number of hydrogen-bond donors (Lipinski definition) is 0. The Morgan fingerprint density at radius 1 is 1.07 bits per heavy atom. The molecule has 0 nitrogen and oxygen atoms in total. The summed E-state index contributed by atoms with van der Waals surface area (Å²) in [5, 5.41) is 0. The summed E-state index contributed by atoms with van der Waals surface area (Å²) in [5.74, 6) is 0. The van der Waals surface area contributed by atoms with E-state index in [1.54, 1.807) is 0 Å². The van der Waals surface area contributed by atoms with Crippen LogP contribution in [0.4, 0.5) is 0 Å². The summed E-state index contributed by atoms with van der Waals surface area (Å²) >= 11 is 0. The molecule has 2 aliphatic carbocycles. The van der Waals surface area contributed by atoms with Crippen LogP contribution >= 0.6 is 0 Å². The van der Waals surface area contributed by atoms with Gasteiger partial charge in [0.1, 0.15) is 0 Å². The smallest absolute Gasteiger partial charge is 0.343 e. The SMILES string of the molecule is [C-]1=CC=CC1.[C-]1=CC=CC1.[CH2-]CCC.[Fe+3]. The summed E-state index contributed by atoms with van der Waals surface area (Å²) in [6, 6.07) is 0. The van der Waals surface area contributed by atoms with E-state index in [0.29, 0.717) is 0 Å². The van der Waals surface area contributed by atoms with Crippen molar-refractivity contribution < 1.29 is 17.1 Å². The number of hydrogen-bond acceptors (Lipinski definition) is 0. The molecule has 0 aromatic heterocycles. The maximum absolute atomic E-state index is 3.60. The Balaban J connectivity index is 0. The molecule has 0 N–H and O–H groups in total. The van der Waals surface area contributed by atoms with Gasteiger partial charge in [0.2, 0.25) is 0 Å². The van der Waals surface area contributed by atoms with Crippen LogP contribution in [-0.2, 0) is 17.1 Å². The quantitative estimate of drug-likeness (QED) is 0.477. The van der Waals surface area contributed by atoms with Crippen molar-refractivity contribution in [1.82, 2.24) is 0 Å². The molecule has 0 saturated carbocycles. The summed E-state index contributed by atoms with van der Waals surface area (Å²) in [6.07, 6.45) is 22.3. The van der Waals surface area contributed by atoms with Crippen LogP contribution in [0.15, 0.2) is 36.5 Å². The maximum Gasteiger partial charge on any atom is 3.00 e. The number of unbranched alkanes of at least 4 members (excludes halogenated alkanes) is 1. The van der Waals surface area contributed by atoms with E-state index in [0.717, 1.165) is 19.3 Å². The monoisotopic (exact) mass is 243 g/mol. The van der Waals surface area contributed by atoms with E-state index in [4.69, 9.17) is 0 Å². The van der Waals surface area contributed by atoms with Crippen molar-refractivity contribution in [1.29, 1.82) is 0 Å². The van der Waals surface area contributed by atoms with Crippen LogP contribution in [-0.4, -0.2) is 0 Å². The molecule has 0 aromatic rings. The Labute approximate surface area is 105 Å². The van der Waals surface area contributed by atoms with E-state index in [2.05, 4.69) is 38.2 Å². The largest absolute Gasteiger partial charge is 3.00 e. The Morgan fingerprint density at radius 3 is 1.53 bits per heavy atom. The van der Waals surface area contributed by atoms with E-state index >= 15 is 0 Å². The fourth-order valence-electron chi connectivity index (χ4n) is 0.680. The molecular formula is C14H19Fe. The van der Waals surface area contributed by atoms with Crippen LogP contribution in [0.2, 0.25) is 0 Å². The zero-order valence-corrected chi connectivity index (χ0v) is 10.5. The summed E-state index contributed by atoms with van der Waals surface area (Å²) < 4.78 is 0. The van der Waals surface area contributed by atoms with Gasteiger partial charge in [-0.3, -0.25) is 12.2 Å². The molecule has 2 rings (SSSR count). The molecule has 0 unspecified atom stereocenters. The molecule has 15 heavy (non-hydrogen) atoms. The van der Waals surface area contributed by atoms with Gasteiger partial charge in [-0.15, -0.1) is 12.8 Å². The Morgan fingerprint density at radius 2 is 1.47 bits per heavy atom. The second-order valence-electron chi connectivity index (χ2n) is 2.86. The maximum atomic E-state index is 3.60. The van der Waals surface area contributed by atoms with Gasteiger partial charge in [0.25, 0.3) is 0 Å². The second-order valence-corrected chi connectivity index (χ2v) is 2.86. The first kappa shape index (κ1) is 16.9. The molecule has 0 fully saturated rings. The molecule has 1 heteroatoms. The first-order valence-corrected chi connectivity index (χ1v) is 5.14. The minimum Gasteiger partial charge on any atom is -0.343 e. The standard InChI is InChI=1S/2C5H5.C4H9.Fe/c2*1-2-4-5-3-1;1-3-4-2;/h2*1-3H,4H2;1,3-4H2,2H3;/q3*-1;+3. The van der Waals surface area contributed by atoms with Gasteiger partial charge in [-0.25, -0.2) is 24.3 Å². The van der Waals surface area contributed by atoms with E-state index < -0.39 is 0 Å². The van der Waals surface area contributed by atoms with Crippen molar-refractivity contribution in [2.24, 2.45) is 0 Å². The number of rotatable bonds is 1. The van der Waals surface area contributed by atoms with Crippen LogP contribution in [0.25, 0.3) is 0 Å². The van der Waals surface area contributed by atoms with Gasteiger partial charge in [-0.2, -0.15) is 18.6 Å². The van der Waals surface area contributed by atoms with Gasteiger partial charge in [0, 0.05) is 0 Å². The van der Waals surface area contributed by atoms with Crippen molar-refractivity contribution in [2.45, 2.75) is 32.6 Å². The van der Waals surface area contributed by atoms with Crippen LogP contribution < -0.4 is 0 Å². The van der Waals surface area contributed by atoms with Crippen molar-refractivity contribution in [2.75, 3.05) is 0 Å². The third-order valence-electron chi connectivity index (χ3n) is 1.53. The average molecular weight is 243 g/mol. The minimum atomic E-state index is 0. The summed E-state index contributed by atoms with van der Waals surface area (Å²) in [5.41, 5.74) is 0. The first-order chi connectivity index (χ1) is 6.91. The molecular weight excluding hydrogens is 224 g/mol. The topological polar surface area (TPSA) is 0 Å². The molecule has 0 bridgehead atoms. The van der Waals surface area contributed by atoms with Crippen molar-refractivity contribution in [3.63, 3.8) is 0 Å². The van der Waals surface area contributed by atoms with Crippen LogP contribution in [0, 0.1) is 19.1 Å². The summed E-state index contributed by atoms with van der Waals surface area (Å²) in [7, 11) is 0. The van der Waals surface area contributed by atoms with Crippen LogP contribution in [0.3, 0.4) is 0 Å². The Kier molecular flexibility index (Phi) is 17.9. The molecule has 0 aromatic carbocycles. The van der Waals surface area contributed by atoms with Crippen LogP contribution in [0.1, 0.15) is 32.6 Å². The van der Waals surface area contributed by atoms with Gasteiger partial charge < -0.3 is 6.92 Å². The average Bonchev–Trinajstić information content (AvgIpc) is 2.94. The fourth-order valence-corrected chi connectivity index (χ4v) is 0.680. The van der Waals surface area contributed by atoms with E-state index in [9.17, 15) is 0 Å². The Bertz CT molecular complexity index is 165. The molecule has 2 aliphatic rings. The van der Waals surface area contributed by atoms with E-state index in [-0.39, 0.29) is 17.1 Å². The van der Waals surface area contributed by atoms with Crippen molar-refractivity contribution in [3.05, 3.63) is 55.5 Å². The fraction of sp³-hybridized carbons (Fsp3) is 0.357. The van der Waals surface area contributed by atoms with E-state index in [1.165, 1.54) is 6.42 Å². The predicted octanol–water partition coefficient (Wildman–Crippen LogP) is 4.23. The number of allylic oxidation sites excluding steroid dienone is 8. The molecule has 0 saturated heterocycles. The van der Waals surface area contributed by atoms with Crippen LogP contribution in [0.5, 0.6) is 0 Å².